The van der Waals surface area contributed by atoms with Gasteiger partial charge < -0.3 is 10.6 Å². The number of halogens is 3. The summed E-state index contributed by atoms with van der Waals surface area (Å²) in [5.74, 6) is -0.581. The van der Waals surface area contributed by atoms with Crippen LogP contribution in [0.5, 0.6) is 0 Å². The average Bonchev–Trinajstić information content (AvgIpc) is 3.04. The van der Waals surface area contributed by atoms with Crippen molar-refractivity contribution < 1.29 is 22.8 Å². The molecule has 0 heterocycles. The lowest BCUT2D eigenvalue weighted by molar-refractivity contribution is -0.144. The zero-order valence-electron chi connectivity index (χ0n) is 15.4. The van der Waals surface area contributed by atoms with E-state index in [2.05, 4.69) is 22.8 Å². The molecule has 0 spiro atoms. The molecular formula is C20H27F3N2O2. The lowest BCUT2D eigenvalue weighted by atomic mass is 10.1. The number of unbranched alkanes of at least 4 members (excludes halogenated alkanes) is 1. The second-order valence-electron chi connectivity index (χ2n) is 7.15. The van der Waals surface area contributed by atoms with Gasteiger partial charge in [-0.25, -0.2) is 0 Å². The Balaban J connectivity index is 1.57. The summed E-state index contributed by atoms with van der Waals surface area (Å²) < 4.78 is 36.4. The molecule has 1 aromatic rings. The lowest BCUT2D eigenvalue weighted by Crippen LogP contribution is -2.37. The average molecular weight is 384 g/mol. The van der Waals surface area contributed by atoms with E-state index in [0.29, 0.717) is 19.3 Å². The Bertz CT molecular complexity index is 605. The molecule has 1 fully saturated rings. The Morgan fingerprint density at radius 2 is 1.52 bits per heavy atom. The fourth-order valence-corrected chi connectivity index (χ4v) is 3.36. The van der Waals surface area contributed by atoms with Gasteiger partial charge in [0.1, 0.15) is 0 Å². The van der Waals surface area contributed by atoms with Crippen molar-refractivity contribution in [3.8, 4) is 0 Å². The molecule has 4 nitrogen and oxygen atoms in total. The third-order valence-corrected chi connectivity index (χ3v) is 4.76. The van der Waals surface area contributed by atoms with Crippen molar-refractivity contribution in [2.75, 3.05) is 0 Å². The molecule has 1 aliphatic carbocycles. The molecular weight excluding hydrogens is 357 g/mol. The van der Waals surface area contributed by atoms with Crippen LogP contribution in [0.3, 0.4) is 0 Å². The topological polar surface area (TPSA) is 58.2 Å². The van der Waals surface area contributed by atoms with Crippen LogP contribution in [0, 0.1) is 0 Å². The Labute approximate surface area is 157 Å². The standard InChI is InChI=1S/C20H27F3N2O2/c21-20(22,23)13-12-19(27)25-17-11-10-16(14-17)24-18(26)9-5-4-8-15-6-2-1-3-7-15/h1-3,6-7,16-17H,4-5,8-14H2,(H,24,26)(H,25,27)/t16-,17+/m1/s1. The van der Waals surface area contributed by atoms with E-state index < -0.39 is 24.9 Å². The van der Waals surface area contributed by atoms with Crippen LogP contribution >= 0.6 is 0 Å². The van der Waals surface area contributed by atoms with E-state index in [1.54, 1.807) is 0 Å². The van der Waals surface area contributed by atoms with E-state index in [4.69, 9.17) is 0 Å². The smallest absolute Gasteiger partial charge is 0.353 e. The minimum absolute atomic E-state index is 0.00268. The lowest BCUT2D eigenvalue weighted by Gasteiger charge is -2.15. The largest absolute Gasteiger partial charge is 0.389 e. The Morgan fingerprint density at radius 3 is 2.11 bits per heavy atom. The summed E-state index contributed by atoms with van der Waals surface area (Å²) in [5.41, 5.74) is 1.26. The number of hydrogen-bond acceptors (Lipinski definition) is 2. The number of benzene rings is 1. The molecule has 2 atom stereocenters. The quantitative estimate of drug-likeness (QED) is 0.635. The molecule has 2 rings (SSSR count). The highest BCUT2D eigenvalue weighted by Crippen LogP contribution is 2.23. The highest BCUT2D eigenvalue weighted by atomic mass is 19.4. The van der Waals surface area contributed by atoms with Crippen LogP contribution in [0.25, 0.3) is 0 Å². The molecule has 1 aliphatic rings. The first-order valence-electron chi connectivity index (χ1n) is 9.51. The number of amides is 2. The maximum Gasteiger partial charge on any atom is 0.389 e. The van der Waals surface area contributed by atoms with E-state index in [-0.39, 0.29) is 18.0 Å². The summed E-state index contributed by atoms with van der Waals surface area (Å²) in [7, 11) is 0. The fraction of sp³-hybridized carbons (Fsp3) is 0.600. The van der Waals surface area contributed by atoms with Crippen molar-refractivity contribution in [2.24, 2.45) is 0 Å². The number of aryl methyl sites for hydroxylation is 1. The van der Waals surface area contributed by atoms with E-state index in [9.17, 15) is 22.8 Å². The summed E-state index contributed by atoms with van der Waals surface area (Å²) in [4.78, 5) is 23.6. The van der Waals surface area contributed by atoms with Crippen molar-refractivity contribution in [1.82, 2.24) is 10.6 Å². The van der Waals surface area contributed by atoms with Crippen LogP contribution in [0.1, 0.15) is 56.9 Å². The molecule has 0 bridgehead atoms. The van der Waals surface area contributed by atoms with Gasteiger partial charge in [-0.2, -0.15) is 13.2 Å². The SMILES string of the molecule is O=C(CCCCc1ccccc1)N[C@@H]1CC[C@H](NC(=O)CCC(F)(F)F)C1. The van der Waals surface area contributed by atoms with Gasteiger partial charge >= 0.3 is 6.18 Å². The molecule has 0 radical (unpaired) electrons. The number of nitrogens with one attached hydrogen (secondary N) is 2. The molecule has 0 saturated heterocycles. The van der Waals surface area contributed by atoms with Gasteiger partial charge in [-0.1, -0.05) is 30.3 Å². The summed E-state index contributed by atoms with van der Waals surface area (Å²) in [5, 5.41) is 5.60. The highest BCUT2D eigenvalue weighted by Gasteiger charge is 2.30. The maximum atomic E-state index is 12.1. The van der Waals surface area contributed by atoms with Crippen molar-refractivity contribution in [3.63, 3.8) is 0 Å². The van der Waals surface area contributed by atoms with Gasteiger partial charge in [0.15, 0.2) is 0 Å². The Hall–Kier alpha value is -2.05. The summed E-state index contributed by atoms with van der Waals surface area (Å²) in [6.45, 7) is 0. The van der Waals surface area contributed by atoms with Gasteiger partial charge in [0.2, 0.25) is 11.8 Å². The second kappa shape index (κ2) is 10.3. The molecule has 150 valence electrons. The molecule has 1 saturated carbocycles. The highest BCUT2D eigenvalue weighted by molar-refractivity contribution is 5.77. The second-order valence-corrected chi connectivity index (χ2v) is 7.15. The molecule has 1 aromatic carbocycles. The van der Waals surface area contributed by atoms with Crippen LogP contribution in [0.2, 0.25) is 0 Å². The molecule has 2 amide bonds. The van der Waals surface area contributed by atoms with Gasteiger partial charge in [-0.3, -0.25) is 9.59 Å². The van der Waals surface area contributed by atoms with E-state index in [0.717, 1.165) is 25.7 Å². The maximum absolute atomic E-state index is 12.1. The van der Waals surface area contributed by atoms with Crippen molar-refractivity contribution in [3.05, 3.63) is 35.9 Å². The van der Waals surface area contributed by atoms with Crippen LogP contribution in [0.4, 0.5) is 13.2 Å². The molecule has 27 heavy (non-hydrogen) atoms. The first kappa shape index (κ1) is 21.3. The van der Waals surface area contributed by atoms with Crippen LogP contribution < -0.4 is 10.6 Å². The first-order valence-corrected chi connectivity index (χ1v) is 9.51. The fourth-order valence-electron chi connectivity index (χ4n) is 3.36. The zero-order valence-corrected chi connectivity index (χ0v) is 15.4. The third kappa shape index (κ3) is 8.93. The van der Waals surface area contributed by atoms with Gasteiger partial charge in [0, 0.05) is 24.9 Å². The third-order valence-electron chi connectivity index (χ3n) is 4.76. The van der Waals surface area contributed by atoms with E-state index >= 15 is 0 Å². The molecule has 0 unspecified atom stereocenters. The molecule has 0 aliphatic heterocycles. The normalized spacial score (nSPS) is 19.7. The number of hydrogen-bond donors (Lipinski definition) is 2. The number of alkyl halides is 3. The molecule has 7 heteroatoms. The van der Waals surface area contributed by atoms with Crippen LogP contribution in [-0.4, -0.2) is 30.1 Å². The predicted molar refractivity (Wildman–Crippen MR) is 97.0 cm³/mol. The minimum Gasteiger partial charge on any atom is -0.353 e. The van der Waals surface area contributed by atoms with E-state index in [1.807, 2.05) is 18.2 Å². The Morgan fingerprint density at radius 1 is 0.926 bits per heavy atom. The van der Waals surface area contributed by atoms with Gasteiger partial charge in [0.25, 0.3) is 0 Å². The van der Waals surface area contributed by atoms with Gasteiger partial charge in [-0.15, -0.1) is 0 Å². The van der Waals surface area contributed by atoms with E-state index in [1.165, 1.54) is 5.56 Å². The summed E-state index contributed by atoms with van der Waals surface area (Å²) in [6, 6.07) is 9.95. The van der Waals surface area contributed by atoms with Crippen LogP contribution in [-0.2, 0) is 16.0 Å². The Kier molecular flexibility index (Phi) is 8.13. The number of carbonyl (C=O) groups excluding carboxylic acids is 2. The van der Waals surface area contributed by atoms with Crippen molar-refractivity contribution in [2.45, 2.75) is 76.0 Å². The molecule has 0 aromatic heterocycles. The van der Waals surface area contributed by atoms with Crippen molar-refractivity contribution in [1.29, 1.82) is 0 Å². The first-order chi connectivity index (χ1) is 12.8. The number of carbonyl (C=O) groups is 2. The summed E-state index contributed by atoms with van der Waals surface area (Å²) >= 11 is 0. The van der Waals surface area contributed by atoms with Gasteiger partial charge in [0.05, 0.1) is 6.42 Å². The predicted octanol–water partition coefficient (Wildman–Crippen LogP) is 3.90. The summed E-state index contributed by atoms with van der Waals surface area (Å²) in [6.07, 6.45) is -0.804. The zero-order chi connectivity index (χ0) is 19.7. The van der Waals surface area contributed by atoms with Crippen molar-refractivity contribution >= 4 is 11.8 Å². The minimum atomic E-state index is -4.32. The monoisotopic (exact) mass is 384 g/mol. The number of rotatable bonds is 9. The van der Waals surface area contributed by atoms with Gasteiger partial charge in [-0.05, 0) is 44.1 Å². The van der Waals surface area contributed by atoms with Crippen LogP contribution in [0.15, 0.2) is 30.3 Å². The molecule has 2 N–H and O–H groups in total.